The van der Waals surface area contributed by atoms with Crippen molar-refractivity contribution in [2.45, 2.75) is 11.8 Å². The number of rotatable bonds is 4. The van der Waals surface area contributed by atoms with E-state index in [4.69, 9.17) is 9.47 Å². The fourth-order valence-corrected chi connectivity index (χ4v) is 3.88. The second kappa shape index (κ2) is 6.24. The summed E-state index contributed by atoms with van der Waals surface area (Å²) in [6.07, 6.45) is 0. The molecule has 0 bridgehead atoms. The third kappa shape index (κ3) is 2.50. The van der Waals surface area contributed by atoms with Gasteiger partial charge in [-0.1, -0.05) is 24.3 Å². The first-order chi connectivity index (χ1) is 12.5. The minimum Gasteiger partial charge on any atom is -0.490 e. The van der Waals surface area contributed by atoms with Gasteiger partial charge < -0.3 is 19.3 Å². The van der Waals surface area contributed by atoms with E-state index in [9.17, 15) is 4.79 Å². The van der Waals surface area contributed by atoms with Gasteiger partial charge in [0.2, 0.25) is 0 Å². The van der Waals surface area contributed by atoms with Gasteiger partial charge in [-0.25, -0.2) is 0 Å². The highest BCUT2D eigenvalue weighted by Gasteiger charge is 2.40. The lowest BCUT2D eigenvalue weighted by Gasteiger charge is -2.17. The molecule has 2 unspecified atom stereocenters. The van der Waals surface area contributed by atoms with Crippen molar-refractivity contribution >= 4 is 17.2 Å². The number of ketones is 1. The van der Waals surface area contributed by atoms with Crippen molar-refractivity contribution in [3.63, 3.8) is 0 Å². The molecule has 0 fully saturated rings. The number of carbonyl (C=O) groups excluding carboxylic acids is 1. The molecule has 5 nitrogen and oxygen atoms in total. The van der Waals surface area contributed by atoms with Gasteiger partial charge in [-0.05, 0) is 12.1 Å². The third-order valence-corrected chi connectivity index (χ3v) is 5.24. The van der Waals surface area contributed by atoms with Gasteiger partial charge in [0.05, 0.1) is 23.2 Å². The first-order valence-corrected chi connectivity index (χ1v) is 8.89. The van der Waals surface area contributed by atoms with Crippen LogP contribution in [0.25, 0.3) is 0 Å². The summed E-state index contributed by atoms with van der Waals surface area (Å²) in [5.41, 5.74) is 3.99. The van der Waals surface area contributed by atoms with E-state index in [1.807, 2.05) is 74.4 Å². The Morgan fingerprint density at radius 1 is 0.808 bits per heavy atom. The van der Waals surface area contributed by atoms with Gasteiger partial charge in [0.1, 0.15) is 24.7 Å². The number of carbonyl (C=O) groups is 1. The van der Waals surface area contributed by atoms with E-state index in [-0.39, 0.29) is 17.6 Å². The fourth-order valence-electron chi connectivity index (χ4n) is 3.88. The van der Waals surface area contributed by atoms with Crippen LogP contribution >= 0.6 is 0 Å². The molecule has 0 amide bonds. The van der Waals surface area contributed by atoms with Crippen molar-refractivity contribution in [3.05, 3.63) is 47.5 Å². The minimum atomic E-state index is -0.243. The van der Waals surface area contributed by atoms with Crippen LogP contribution in [0.5, 0.6) is 11.5 Å². The van der Waals surface area contributed by atoms with E-state index in [0.717, 1.165) is 34.0 Å². The molecule has 2 aliphatic heterocycles. The van der Waals surface area contributed by atoms with Gasteiger partial charge >= 0.3 is 0 Å². The van der Waals surface area contributed by atoms with Crippen LogP contribution in [0.1, 0.15) is 23.0 Å². The highest BCUT2D eigenvalue weighted by atomic mass is 16.5. The number of para-hydroxylation sites is 2. The third-order valence-electron chi connectivity index (χ3n) is 5.24. The number of benzene rings is 2. The molecule has 0 N–H and O–H groups in total. The Morgan fingerprint density at radius 2 is 1.23 bits per heavy atom. The zero-order chi connectivity index (χ0) is 18.4. The van der Waals surface area contributed by atoms with E-state index in [1.165, 1.54) is 0 Å². The second-order valence-corrected chi connectivity index (χ2v) is 7.31. The normalized spacial score (nSPS) is 20.0. The molecule has 2 aliphatic rings. The number of hydrogen-bond donors (Lipinski definition) is 0. The molecule has 0 saturated heterocycles. The van der Waals surface area contributed by atoms with Gasteiger partial charge in [-0.2, -0.15) is 0 Å². The standard InChI is InChI=1S/C21H24N2O3/c1-22(2)17-9-5-7-13-15(11-25-20(13)17)19(24)16-12-26-21-14(16)8-6-10-18(21)23(3)4/h5-10,15-16H,11-12H2,1-4H3. The lowest BCUT2D eigenvalue weighted by molar-refractivity contribution is -0.122. The summed E-state index contributed by atoms with van der Waals surface area (Å²) in [6.45, 7) is 0.802. The first-order valence-electron chi connectivity index (χ1n) is 8.89. The van der Waals surface area contributed by atoms with Crippen molar-refractivity contribution in [2.24, 2.45) is 0 Å². The molecule has 2 aromatic rings. The van der Waals surface area contributed by atoms with Crippen LogP contribution in [0, 0.1) is 0 Å². The average molecular weight is 352 g/mol. The molecule has 0 radical (unpaired) electrons. The largest absolute Gasteiger partial charge is 0.490 e. The molecule has 2 atom stereocenters. The van der Waals surface area contributed by atoms with Crippen molar-refractivity contribution in [1.82, 2.24) is 0 Å². The zero-order valence-corrected chi connectivity index (χ0v) is 15.7. The summed E-state index contributed by atoms with van der Waals surface area (Å²) in [5.74, 6) is 1.35. The Kier molecular flexibility index (Phi) is 4.02. The van der Waals surface area contributed by atoms with E-state index < -0.39 is 0 Å². The van der Waals surface area contributed by atoms with Gasteiger partial charge in [-0.3, -0.25) is 4.79 Å². The predicted octanol–water partition coefficient (Wildman–Crippen LogP) is 3.04. The molecule has 5 heteroatoms. The highest BCUT2D eigenvalue weighted by molar-refractivity contribution is 5.95. The van der Waals surface area contributed by atoms with Gasteiger partial charge in [-0.15, -0.1) is 0 Å². The van der Waals surface area contributed by atoms with E-state index in [0.29, 0.717) is 13.2 Å². The molecule has 2 heterocycles. The summed E-state index contributed by atoms with van der Waals surface area (Å²) in [7, 11) is 7.94. The molecule has 4 rings (SSSR count). The maximum absolute atomic E-state index is 13.3. The Bertz CT molecular complexity index is 791. The minimum absolute atomic E-state index is 0.175. The Labute approximate surface area is 154 Å². The first kappa shape index (κ1) is 16.8. The molecule has 0 aliphatic carbocycles. The van der Waals surface area contributed by atoms with Crippen LogP contribution in [0.15, 0.2) is 36.4 Å². The number of nitrogens with zero attached hydrogens (tertiary/aromatic N) is 2. The van der Waals surface area contributed by atoms with Crippen molar-refractivity contribution in [2.75, 3.05) is 51.2 Å². The molecular formula is C21H24N2O3. The number of anilines is 2. The van der Waals surface area contributed by atoms with Crippen LogP contribution < -0.4 is 19.3 Å². The number of fused-ring (bicyclic) bond motifs is 2. The predicted molar refractivity (Wildman–Crippen MR) is 103 cm³/mol. The Morgan fingerprint density at radius 3 is 1.62 bits per heavy atom. The molecule has 0 spiro atoms. The van der Waals surface area contributed by atoms with Crippen molar-refractivity contribution < 1.29 is 14.3 Å². The number of ether oxygens (including phenoxy) is 2. The van der Waals surface area contributed by atoms with Gasteiger partial charge in [0, 0.05) is 39.3 Å². The van der Waals surface area contributed by atoms with Crippen LogP contribution in [0.2, 0.25) is 0 Å². The maximum atomic E-state index is 13.3. The molecule has 0 aromatic heterocycles. The monoisotopic (exact) mass is 352 g/mol. The highest BCUT2D eigenvalue weighted by Crippen LogP contribution is 2.46. The van der Waals surface area contributed by atoms with Gasteiger partial charge in [0.25, 0.3) is 0 Å². The van der Waals surface area contributed by atoms with Crippen LogP contribution in [-0.2, 0) is 4.79 Å². The van der Waals surface area contributed by atoms with Crippen LogP contribution in [-0.4, -0.2) is 47.2 Å². The molecule has 0 saturated carbocycles. The summed E-state index contributed by atoms with van der Waals surface area (Å²) in [6, 6.07) is 12.0. The zero-order valence-electron chi connectivity index (χ0n) is 15.7. The second-order valence-electron chi connectivity index (χ2n) is 7.31. The Balaban J connectivity index is 1.67. The summed E-state index contributed by atoms with van der Waals surface area (Å²) < 4.78 is 11.8. The summed E-state index contributed by atoms with van der Waals surface area (Å²) in [5, 5.41) is 0. The average Bonchev–Trinajstić information content (AvgIpc) is 3.24. The lowest BCUT2D eigenvalue weighted by atomic mass is 9.85. The lowest BCUT2D eigenvalue weighted by Crippen LogP contribution is -2.22. The van der Waals surface area contributed by atoms with Gasteiger partial charge in [0.15, 0.2) is 5.78 Å². The van der Waals surface area contributed by atoms with Crippen LogP contribution in [0.4, 0.5) is 11.4 Å². The van der Waals surface area contributed by atoms with Crippen molar-refractivity contribution in [3.8, 4) is 11.5 Å². The Hall–Kier alpha value is -2.69. The van der Waals surface area contributed by atoms with Crippen molar-refractivity contribution in [1.29, 1.82) is 0 Å². The summed E-state index contributed by atoms with van der Waals surface area (Å²) in [4.78, 5) is 17.4. The quantitative estimate of drug-likeness (QED) is 0.846. The maximum Gasteiger partial charge on any atom is 0.154 e. The molecular weight excluding hydrogens is 328 g/mol. The number of hydrogen-bond acceptors (Lipinski definition) is 5. The number of Topliss-reactive ketones (excluding diaryl/α,β-unsaturated/α-hetero) is 1. The SMILES string of the molecule is CN(C)c1cccc2c1OCC2C(=O)C1COc2c1cccc2N(C)C. The fraction of sp³-hybridized carbons (Fsp3) is 0.381. The molecule has 136 valence electrons. The van der Waals surface area contributed by atoms with E-state index in [1.54, 1.807) is 0 Å². The topological polar surface area (TPSA) is 42.0 Å². The molecule has 26 heavy (non-hydrogen) atoms. The van der Waals surface area contributed by atoms with E-state index in [2.05, 4.69) is 0 Å². The van der Waals surface area contributed by atoms with E-state index >= 15 is 0 Å². The van der Waals surface area contributed by atoms with Crippen LogP contribution in [0.3, 0.4) is 0 Å². The summed E-state index contributed by atoms with van der Waals surface area (Å²) >= 11 is 0. The smallest absolute Gasteiger partial charge is 0.154 e. The molecule has 2 aromatic carbocycles.